The summed E-state index contributed by atoms with van der Waals surface area (Å²) in [5.41, 5.74) is 2.41. The molecule has 0 radical (unpaired) electrons. The molecule has 1 fully saturated rings. The van der Waals surface area contributed by atoms with Crippen LogP contribution in [-0.2, 0) is 13.7 Å². The maximum absolute atomic E-state index is 5.51. The summed E-state index contributed by atoms with van der Waals surface area (Å²) in [4.78, 5) is 3.78. The Kier molecular flexibility index (Phi) is 7.22. The van der Waals surface area contributed by atoms with Crippen LogP contribution in [-0.4, -0.2) is 26.3 Å². The van der Waals surface area contributed by atoms with Crippen molar-refractivity contribution in [3.05, 3.63) is 66.7 Å². The molecule has 1 saturated heterocycles. The van der Waals surface area contributed by atoms with Gasteiger partial charge >= 0.3 is 21.4 Å². The molecule has 0 N–H and O–H groups in total. The summed E-state index contributed by atoms with van der Waals surface area (Å²) in [7, 11) is -1.37. The fraction of sp³-hybridized carbons (Fsp3) is 0.214. The molecular weight excluding hydrogens is 263 g/mol. The number of pyridine rings is 1. The molecule has 0 bridgehead atoms. The van der Waals surface area contributed by atoms with Gasteiger partial charge in [-0.05, 0) is 32.9 Å². The molecule has 0 spiro atoms. The zero-order valence-electron chi connectivity index (χ0n) is 12.9. The van der Waals surface area contributed by atoms with E-state index in [0.29, 0.717) is 0 Å². The maximum atomic E-state index is 5.51. The highest BCUT2D eigenvalue weighted by atomic mass is 16.7. The van der Waals surface area contributed by atoms with Gasteiger partial charge in [0, 0.05) is 12.4 Å². The van der Waals surface area contributed by atoms with E-state index < -0.39 is 21.4 Å². The third-order valence-electron chi connectivity index (χ3n) is 2.52. The molecule has 1 aliphatic rings. The van der Waals surface area contributed by atoms with Crippen LogP contribution in [0.5, 0.6) is 0 Å². The highest BCUT2D eigenvalue weighted by Crippen LogP contribution is 2.19. The predicted molar refractivity (Wildman–Crippen MR) is 89.2 cm³/mol. The number of hydrogen-bond donors (Lipinski definition) is 0. The van der Waals surface area contributed by atoms with Gasteiger partial charge in [0.05, 0.1) is 0 Å². The molecule has 2 heterocycles. The van der Waals surface area contributed by atoms with Gasteiger partial charge in [-0.15, -0.1) is 19.7 Å². The largest absolute Gasteiger partial charge is 0.461 e. The van der Waals surface area contributed by atoms with Crippen molar-refractivity contribution in [2.75, 3.05) is 0 Å². The summed E-state index contributed by atoms with van der Waals surface area (Å²) in [6.45, 7) is 16.9. The Bertz CT molecular complexity index is 415. The van der Waals surface area contributed by atoms with Crippen LogP contribution in [0.1, 0.15) is 20.8 Å². The normalized spacial score (nSPS) is 14.1. The Labute approximate surface area is 128 Å². The Morgan fingerprint density at radius 1 is 0.714 bits per heavy atom. The minimum absolute atomic E-state index is 0.456. The molecule has 1 aliphatic heterocycles. The lowest BCUT2D eigenvalue weighted by molar-refractivity contribution is 0.298. The number of nitrogens with zero attached hydrogens (tertiary/aromatic N) is 1. The topological polar surface area (TPSA) is 40.6 Å². The van der Waals surface area contributed by atoms with Crippen LogP contribution in [0.2, 0.25) is 0 Å². The monoisotopic (exact) mass is 283 g/mol. The fourth-order valence-corrected chi connectivity index (χ4v) is 1.44. The second-order valence-corrected chi connectivity index (χ2v) is 4.97. The summed E-state index contributed by atoms with van der Waals surface area (Å²) in [5, 5.41) is 0. The van der Waals surface area contributed by atoms with E-state index in [1.807, 2.05) is 39.0 Å². The van der Waals surface area contributed by atoms with Crippen LogP contribution in [0.25, 0.3) is 0 Å². The fourth-order valence-electron chi connectivity index (χ4n) is 1.44. The first-order valence-electron chi connectivity index (χ1n) is 6.69. The van der Waals surface area contributed by atoms with E-state index in [1.165, 1.54) is 0 Å². The lowest BCUT2D eigenvalue weighted by Crippen LogP contribution is -2.50. The molecular formula is C14H20B3NO3. The number of allylic oxidation sites excluding steroid dienone is 3. The molecule has 108 valence electrons. The van der Waals surface area contributed by atoms with Crippen molar-refractivity contribution < 1.29 is 13.7 Å². The molecule has 0 atom stereocenters. The van der Waals surface area contributed by atoms with Crippen molar-refractivity contribution in [2.24, 2.45) is 0 Å². The van der Waals surface area contributed by atoms with Gasteiger partial charge in [-0.3, -0.25) is 4.98 Å². The van der Waals surface area contributed by atoms with E-state index in [1.54, 1.807) is 12.4 Å². The zero-order valence-corrected chi connectivity index (χ0v) is 12.9. The lowest BCUT2D eigenvalue weighted by atomic mass is 9.62. The van der Waals surface area contributed by atoms with Crippen LogP contribution in [0.4, 0.5) is 0 Å². The van der Waals surface area contributed by atoms with Crippen molar-refractivity contribution in [3.8, 4) is 0 Å². The van der Waals surface area contributed by atoms with Gasteiger partial charge in [0.25, 0.3) is 0 Å². The molecule has 1 aromatic heterocycles. The molecule has 2 rings (SSSR count). The van der Waals surface area contributed by atoms with Gasteiger partial charge in [0.1, 0.15) is 0 Å². The van der Waals surface area contributed by atoms with Crippen LogP contribution < -0.4 is 0 Å². The van der Waals surface area contributed by atoms with E-state index in [4.69, 9.17) is 13.7 Å². The average molecular weight is 283 g/mol. The Hall–Kier alpha value is -1.56. The lowest BCUT2D eigenvalue weighted by Gasteiger charge is -2.31. The molecule has 0 aromatic carbocycles. The van der Waals surface area contributed by atoms with Crippen molar-refractivity contribution in [3.63, 3.8) is 0 Å². The third-order valence-corrected chi connectivity index (χ3v) is 2.52. The highest BCUT2D eigenvalue weighted by Gasteiger charge is 2.41. The Morgan fingerprint density at radius 2 is 1.05 bits per heavy atom. The molecule has 0 saturated carbocycles. The Balaban J connectivity index is 0.000000304. The van der Waals surface area contributed by atoms with E-state index in [-0.39, 0.29) is 0 Å². The van der Waals surface area contributed by atoms with E-state index in [2.05, 4.69) is 24.7 Å². The highest BCUT2D eigenvalue weighted by molar-refractivity contribution is 6.80. The van der Waals surface area contributed by atoms with Crippen LogP contribution >= 0.6 is 0 Å². The van der Waals surface area contributed by atoms with E-state index in [9.17, 15) is 0 Å². The summed E-state index contributed by atoms with van der Waals surface area (Å²) in [5.74, 6) is 0. The minimum Gasteiger partial charge on any atom is -0.445 e. The van der Waals surface area contributed by atoms with Crippen molar-refractivity contribution in [2.45, 2.75) is 20.8 Å². The SMILES string of the molecule is C=C(C)B1OB(C(=C)C)OB(C(=C)C)O1.c1ccncc1. The molecule has 4 nitrogen and oxygen atoms in total. The second kappa shape index (κ2) is 8.67. The second-order valence-electron chi connectivity index (χ2n) is 4.97. The van der Waals surface area contributed by atoms with E-state index in [0.717, 1.165) is 16.4 Å². The van der Waals surface area contributed by atoms with Gasteiger partial charge in [-0.25, -0.2) is 0 Å². The number of hydrogen-bond acceptors (Lipinski definition) is 4. The molecule has 0 aliphatic carbocycles. The summed E-state index contributed by atoms with van der Waals surface area (Å²) in [6, 6.07) is 5.72. The molecule has 1 aromatic rings. The van der Waals surface area contributed by atoms with Crippen molar-refractivity contribution in [1.29, 1.82) is 0 Å². The van der Waals surface area contributed by atoms with Gasteiger partial charge in [0.15, 0.2) is 0 Å². The molecule has 0 amide bonds. The molecule has 21 heavy (non-hydrogen) atoms. The first-order chi connectivity index (χ1) is 9.91. The maximum Gasteiger partial charge on any atom is 0.461 e. The summed E-state index contributed by atoms with van der Waals surface area (Å²) < 4.78 is 16.5. The smallest absolute Gasteiger partial charge is 0.445 e. The van der Waals surface area contributed by atoms with Gasteiger partial charge in [0.2, 0.25) is 0 Å². The first kappa shape index (κ1) is 17.5. The van der Waals surface area contributed by atoms with Gasteiger partial charge < -0.3 is 13.7 Å². The van der Waals surface area contributed by atoms with Gasteiger partial charge in [-0.1, -0.05) is 22.5 Å². The van der Waals surface area contributed by atoms with Crippen LogP contribution in [0.15, 0.2) is 66.7 Å². The number of rotatable bonds is 3. The molecule has 7 heteroatoms. The first-order valence-corrected chi connectivity index (χ1v) is 6.69. The standard InChI is InChI=1S/C9H15B3O3.C5H5N/c1-7(2)10-13-11(8(3)4)15-12(14-10)9(5)6;1-2-4-6-5-3-1/h1,3,5H2,2,4,6H3;1-5H. The average Bonchev–Trinajstić information content (AvgIpc) is 2.49. The van der Waals surface area contributed by atoms with Gasteiger partial charge in [-0.2, -0.15) is 0 Å². The Morgan fingerprint density at radius 3 is 1.19 bits per heavy atom. The van der Waals surface area contributed by atoms with Crippen LogP contribution in [0, 0.1) is 0 Å². The van der Waals surface area contributed by atoms with E-state index >= 15 is 0 Å². The summed E-state index contributed by atoms with van der Waals surface area (Å²) >= 11 is 0. The zero-order chi connectivity index (χ0) is 15.8. The predicted octanol–water partition coefficient (Wildman–Crippen LogP) is 2.94. The molecule has 0 unspecified atom stereocenters. The third kappa shape index (κ3) is 6.16. The summed E-state index contributed by atoms with van der Waals surface area (Å²) in [6.07, 6.45) is 3.50. The van der Waals surface area contributed by atoms with Crippen molar-refractivity contribution in [1.82, 2.24) is 4.98 Å². The van der Waals surface area contributed by atoms with Crippen LogP contribution in [0.3, 0.4) is 0 Å². The minimum atomic E-state index is -0.456. The quantitative estimate of drug-likeness (QED) is 0.799. The van der Waals surface area contributed by atoms with Crippen molar-refractivity contribution >= 4 is 21.4 Å². The number of aromatic nitrogens is 1.